The Morgan fingerprint density at radius 1 is 1.21 bits per heavy atom. The Bertz CT molecular complexity index is 1340. The highest BCUT2D eigenvalue weighted by atomic mass is 32.1. The van der Waals surface area contributed by atoms with Crippen molar-refractivity contribution in [2.45, 2.75) is 52.9 Å². The maximum atomic E-state index is 12.8. The van der Waals surface area contributed by atoms with Crippen LogP contribution in [0.3, 0.4) is 0 Å². The molecule has 0 saturated carbocycles. The summed E-state index contributed by atoms with van der Waals surface area (Å²) >= 11 is 1.54. The normalized spacial score (nSPS) is 13.3. The van der Waals surface area contributed by atoms with Crippen molar-refractivity contribution in [2.75, 3.05) is 5.32 Å². The van der Waals surface area contributed by atoms with Gasteiger partial charge in [0.25, 0.3) is 5.91 Å². The van der Waals surface area contributed by atoms with Crippen LogP contribution < -0.4 is 5.32 Å². The number of aromatic nitrogens is 1. The summed E-state index contributed by atoms with van der Waals surface area (Å²) in [4.78, 5) is 26.1. The van der Waals surface area contributed by atoms with Crippen LogP contribution in [-0.2, 0) is 24.1 Å². The van der Waals surface area contributed by atoms with Crippen molar-refractivity contribution < 1.29 is 14.7 Å². The van der Waals surface area contributed by atoms with Gasteiger partial charge in [0.2, 0.25) is 0 Å². The van der Waals surface area contributed by atoms with Gasteiger partial charge in [-0.15, -0.1) is 11.3 Å². The van der Waals surface area contributed by atoms with Crippen molar-refractivity contribution in [3.8, 4) is 11.1 Å². The number of benzene rings is 1. The molecular formula is C27H27N3O3S. The van der Waals surface area contributed by atoms with Crippen LogP contribution >= 0.6 is 11.3 Å². The van der Waals surface area contributed by atoms with Crippen molar-refractivity contribution in [3.05, 3.63) is 74.4 Å². The van der Waals surface area contributed by atoms with Crippen LogP contribution in [0.2, 0.25) is 0 Å². The van der Waals surface area contributed by atoms with E-state index in [1.54, 1.807) is 6.08 Å². The summed E-state index contributed by atoms with van der Waals surface area (Å²) in [6.45, 7) is 5.86. The zero-order chi connectivity index (χ0) is 24.4. The monoisotopic (exact) mass is 473 g/mol. The molecule has 1 aromatic carbocycles. The smallest absolute Gasteiger partial charge is 0.339 e. The molecule has 0 unspecified atom stereocenters. The SMILES string of the molecule is CCc1ccc(NC(=O)C(C#N)=Cc2cc(C)n(-c3sc4c(c3C(=O)O)CCCC4)c2C)cc1. The fraction of sp³-hybridized carbons (Fsp3) is 0.296. The topological polar surface area (TPSA) is 95.1 Å². The third kappa shape index (κ3) is 4.42. The number of carboxylic acids is 1. The quantitative estimate of drug-likeness (QED) is 0.347. The minimum absolute atomic E-state index is 0.0104. The Kier molecular flexibility index (Phi) is 6.71. The van der Waals surface area contributed by atoms with E-state index in [9.17, 15) is 20.0 Å². The fourth-order valence-corrected chi connectivity index (χ4v) is 5.99. The van der Waals surface area contributed by atoms with E-state index in [0.29, 0.717) is 21.8 Å². The third-order valence-corrected chi connectivity index (χ3v) is 7.60. The summed E-state index contributed by atoms with van der Waals surface area (Å²) in [5.74, 6) is -1.39. The number of nitriles is 1. The van der Waals surface area contributed by atoms with Gasteiger partial charge in [-0.2, -0.15) is 5.26 Å². The third-order valence-electron chi connectivity index (χ3n) is 6.32. The molecule has 0 bridgehead atoms. The molecule has 6 nitrogen and oxygen atoms in total. The molecule has 0 fully saturated rings. The molecule has 174 valence electrons. The van der Waals surface area contributed by atoms with Crippen molar-refractivity contribution in [3.63, 3.8) is 0 Å². The first-order valence-corrected chi connectivity index (χ1v) is 12.2. The minimum Gasteiger partial charge on any atom is -0.478 e. The van der Waals surface area contributed by atoms with Crippen LogP contribution in [0, 0.1) is 25.2 Å². The number of hydrogen-bond donors (Lipinski definition) is 2. The van der Waals surface area contributed by atoms with Gasteiger partial charge in [0, 0.05) is 22.0 Å². The number of fused-ring (bicyclic) bond motifs is 1. The number of carbonyl (C=O) groups excluding carboxylic acids is 1. The second-order valence-corrected chi connectivity index (χ2v) is 9.62. The number of thiophene rings is 1. The molecule has 7 heteroatoms. The lowest BCUT2D eigenvalue weighted by atomic mass is 9.95. The van der Waals surface area contributed by atoms with Gasteiger partial charge in [-0.3, -0.25) is 4.79 Å². The summed E-state index contributed by atoms with van der Waals surface area (Å²) < 4.78 is 1.94. The number of aromatic carboxylic acids is 1. The first kappa shape index (κ1) is 23.5. The number of amides is 1. The van der Waals surface area contributed by atoms with Gasteiger partial charge in [-0.25, -0.2) is 4.79 Å². The van der Waals surface area contributed by atoms with Crippen molar-refractivity contribution >= 4 is 35.0 Å². The number of nitrogens with zero attached hydrogens (tertiary/aromatic N) is 2. The molecule has 0 saturated heterocycles. The largest absolute Gasteiger partial charge is 0.478 e. The molecule has 1 aliphatic carbocycles. The fourth-order valence-electron chi connectivity index (χ4n) is 4.50. The summed E-state index contributed by atoms with van der Waals surface area (Å²) in [6.07, 6.45) is 6.25. The first-order chi connectivity index (χ1) is 16.3. The molecule has 4 rings (SSSR count). The Morgan fingerprint density at radius 2 is 1.91 bits per heavy atom. The molecule has 1 aliphatic rings. The Morgan fingerprint density at radius 3 is 2.56 bits per heavy atom. The van der Waals surface area contributed by atoms with Gasteiger partial charge >= 0.3 is 5.97 Å². The maximum absolute atomic E-state index is 12.8. The molecule has 0 spiro atoms. The summed E-state index contributed by atoms with van der Waals surface area (Å²) in [5, 5.41) is 23.1. The molecule has 2 aromatic heterocycles. The van der Waals surface area contributed by atoms with Crippen LogP contribution in [0.4, 0.5) is 5.69 Å². The highest BCUT2D eigenvalue weighted by molar-refractivity contribution is 7.15. The van der Waals surface area contributed by atoms with E-state index >= 15 is 0 Å². The number of nitrogens with one attached hydrogen (secondary N) is 1. The lowest BCUT2D eigenvalue weighted by Gasteiger charge is -2.11. The Balaban J connectivity index is 1.69. The Labute approximate surface area is 203 Å². The zero-order valence-electron chi connectivity index (χ0n) is 19.6. The number of carbonyl (C=O) groups is 2. The molecular weight excluding hydrogens is 446 g/mol. The van der Waals surface area contributed by atoms with Gasteiger partial charge in [0.15, 0.2) is 0 Å². The summed E-state index contributed by atoms with van der Waals surface area (Å²) in [7, 11) is 0. The minimum atomic E-state index is -0.912. The van der Waals surface area contributed by atoms with Crippen molar-refractivity contribution in [1.82, 2.24) is 4.57 Å². The van der Waals surface area contributed by atoms with Crippen LogP contribution in [-0.4, -0.2) is 21.6 Å². The average Bonchev–Trinajstić information content (AvgIpc) is 3.33. The van der Waals surface area contributed by atoms with E-state index in [1.165, 1.54) is 11.3 Å². The summed E-state index contributed by atoms with van der Waals surface area (Å²) in [6, 6.07) is 11.4. The standard InChI is InChI=1S/C27H27N3O3S/c1-4-18-9-11-21(12-10-18)29-25(31)20(15-28)14-19-13-16(2)30(17(19)3)26-24(27(32)33)22-7-5-6-8-23(22)34-26/h9-14H,4-8H2,1-3H3,(H,29,31)(H,32,33). The number of rotatable bonds is 6. The number of carboxylic acid groups (broad SMARTS) is 1. The lowest BCUT2D eigenvalue weighted by Crippen LogP contribution is -2.13. The van der Waals surface area contributed by atoms with E-state index < -0.39 is 11.9 Å². The molecule has 34 heavy (non-hydrogen) atoms. The molecule has 2 N–H and O–H groups in total. The predicted molar refractivity (Wildman–Crippen MR) is 135 cm³/mol. The van der Waals surface area contributed by atoms with Gasteiger partial charge in [0.05, 0.1) is 5.56 Å². The second kappa shape index (κ2) is 9.70. The van der Waals surface area contributed by atoms with Gasteiger partial charge in [0.1, 0.15) is 16.6 Å². The molecule has 1 amide bonds. The number of anilines is 1. The van der Waals surface area contributed by atoms with Gasteiger partial charge in [-0.05, 0) is 86.9 Å². The van der Waals surface area contributed by atoms with Gasteiger partial charge < -0.3 is 15.0 Å². The van der Waals surface area contributed by atoms with E-state index in [-0.39, 0.29) is 5.57 Å². The van der Waals surface area contributed by atoms with E-state index in [1.807, 2.05) is 54.8 Å². The van der Waals surface area contributed by atoms with E-state index in [2.05, 4.69) is 12.2 Å². The van der Waals surface area contributed by atoms with Gasteiger partial charge in [-0.1, -0.05) is 19.1 Å². The molecule has 2 heterocycles. The summed E-state index contributed by atoms with van der Waals surface area (Å²) in [5.41, 5.74) is 5.49. The van der Waals surface area contributed by atoms with E-state index in [4.69, 9.17) is 0 Å². The first-order valence-electron chi connectivity index (χ1n) is 11.4. The molecule has 0 radical (unpaired) electrons. The van der Waals surface area contributed by atoms with Crippen LogP contribution in [0.25, 0.3) is 11.1 Å². The van der Waals surface area contributed by atoms with Crippen LogP contribution in [0.5, 0.6) is 0 Å². The number of aryl methyl sites for hydroxylation is 3. The Hall–Kier alpha value is -3.63. The van der Waals surface area contributed by atoms with Crippen LogP contribution in [0.15, 0.2) is 35.9 Å². The lowest BCUT2D eigenvalue weighted by molar-refractivity contribution is -0.112. The van der Waals surface area contributed by atoms with Crippen molar-refractivity contribution in [2.24, 2.45) is 0 Å². The molecule has 0 aliphatic heterocycles. The second-order valence-electron chi connectivity index (χ2n) is 8.53. The van der Waals surface area contributed by atoms with E-state index in [0.717, 1.165) is 59.5 Å². The average molecular weight is 474 g/mol. The van der Waals surface area contributed by atoms with Crippen molar-refractivity contribution in [1.29, 1.82) is 5.26 Å². The highest BCUT2D eigenvalue weighted by Gasteiger charge is 2.27. The molecule has 0 atom stereocenters. The van der Waals surface area contributed by atoms with Crippen LogP contribution in [0.1, 0.15) is 63.1 Å². The molecule has 3 aromatic rings. The predicted octanol–water partition coefficient (Wildman–Crippen LogP) is 5.84. The zero-order valence-corrected chi connectivity index (χ0v) is 20.4. The highest BCUT2D eigenvalue weighted by Crippen LogP contribution is 2.39. The number of hydrogen-bond acceptors (Lipinski definition) is 4. The maximum Gasteiger partial charge on any atom is 0.339 e.